The lowest BCUT2D eigenvalue weighted by molar-refractivity contribution is -0.387. The standard InChI is InChI=1S/C9H11NO2S.C6H4FNO2/c1-7(2)13-9-6-4-3-5-8(9)10(11)12;7-5-3-1-2-4-6(5)8(9)10/h3-7H,1-2H3;1-4H. The molecular formula is C15H15FN2O4S. The molecule has 2 aromatic rings. The number of nitro groups is 2. The van der Waals surface area contributed by atoms with Crippen LogP contribution in [0.5, 0.6) is 0 Å². The van der Waals surface area contributed by atoms with E-state index >= 15 is 0 Å². The molecule has 122 valence electrons. The van der Waals surface area contributed by atoms with Gasteiger partial charge < -0.3 is 0 Å². The molecule has 0 saturated heterocycles. The first-order valence-electron chi connectivity index (χ1n) is 6.62. The van der Waals surface area contributed by atoms with Crippen molar-refractivity contribution in [3.8, 4) is 0 Å². The molecule has 0 aliphatic carbocycles. The summed E-state index contributed by atoms with van der Waals surface area (Å²) in [5.74, 6) is -0.799. The van der Waals surface area contributed by atoms with E-state index in [0.29, 0.717) is 5.25 Å². The van der Waals surface area contributed by atoms with Crippen LogP contribution in [-0.2, 0) is 0 Å². The Morgan fingerprint density at radius 3 is 1.83 bits per heavy atom. The Bertz CT molecular complexity index is 695. The fourth-order valence-corrected chi connectivity index (χ4v) is 2.49. The second-order valence-corrected chi connectivity index (χ2v) is 6.22. The van der Waals surface area contributed by atoms with Crippen molar-refractivity contribution >= 4 is 23.1 Å². The summed E-state index contributed by atoms with van der Waals surface area (Å²) in [4.78, 5) is 20.2. The van der Waals surface area contributed by atoms with Crippen molar-refractivity contribution in [3.63, 3.8) is 0 Å². The quantitative estimate of drug-likeness (QED) is 0.453. The van der Waals surface area contributed by atoms with E-state index in [1.165, 1.54) is 30.0 Å². The van der Waals surface area contributed by atoms with Gasteiger partial charge >= 0.3 is 5.69 Å². The van der Waals surface area contributed by atoms with Gasteiger partial charge in [-0.3, -0.25) is 20.2 Å². The summed E-state index contributed by atoms with van der Waals surface area (Å²) < 4.78 is 12.4. The minimum Gasteiger partial charge on any atom is -0.258 e. The zero-order chi connectivity index (χ0) is 17.4. The molecule has 8 heteroatoms. The molecule has 0 aromatic heterocycles. The van der Waals surface area contributed by atoms with E-state index < -0.39 is 16.4 Å². The summed E-state index contributed by atoms with van der Waals surface area (Å²) in [7, 11) is 0. The summed E-state index contributed by atoms with van der Waals surface area (Å²) in [5.41, 5.74) is -0.288. The largest absolute Gasteiger partial charge is 0.304 e. The van der Waals surface area contributed by atoms with E-state index in [-0.39, 0.29) is 10.6 Å². The van der Waals surface area contributed by atoms with Crippen molar-refractivity contribution in [2.75, 3.05) is 0 Å². The van der Waals surface area contributed by atoms with E-state index in [4.69, 9.17) is 0 Å². The van der Waals surface area contributed by atoms with E-state index in [1.807, 2.05) is 19.9 Å². The van der Waals surface area contributed by atoms with Crippen molar-refractivity contribution in [1.29, 1.82) is 0 Å². The molecule has 0 aliphatic heterocycles. The zero-order valence-electron chi connectivity index (χ0n) is 12.5. The topological polar surface area (TPSA) is 86.3 Å². The third kappa shape index (κ3) is 6.03. The lowest BCUT2D eigenvalue weighted by Crippen LogP contribution is -1.93. The molecule has 0 unspecified atom stereocenters. The third-order valence-corrected chi connectivity index (χ3v) is 3.54. The highest BCUT2D eigenvalue weighted by atomic mass is 32.2. The number of hydrogen-bond donors (Lipinski definition) is 0. The summed E-state index contributed by atoms with van der Waals surface area (Å²) in [6.07, 6.45) is 0. The number of halogens is 1. The van der Waals surface area contributed by atoms with Gasteiger partial charge in [0.1, 0.15) is 0 Å². The highest BCUT2D eigenvalue weighted by Crippen LogP contribution is 2.31. The molecule has 0 N–H and O–H groups in total. The maximum Gasteiger partial charge on any atom is 0.304 e. The predicted molar refractivity (Wildman–Crippen MR) is 87.1 cm³/mol. The predicted octanol–water partition coefficient (Wildman–Crippen LogP) is 4.83. The van der Waals surface area contributed by atoms with Crippen LogP contribution >= 0.6 is 11.8 Å². The molecule has 0 amide bonds. The fourth-order valence-electron chi connectivity index (χ4n) is 1.56. The number of para-hydroxylation sites is 2. The Balaban J connectivity index is 0.000000238. The smallest absolute Gasteiger partial charge is 0.258 e. The van der Waals surface area contributed by atoms with Crippen molar-refractivity contribution in [2.45, 2.75) is 24.0 Å². The van der Waals surface area contributed by atoms with Gasteiger partial charge in [0.05, 0.1) is 14.7 Å². The third-order valence-electron chi connectivity index (χ3n) is 2.47. The maximum atomic E-state index is 12.4. The van der Waals surface area contributed by atoms with Gasteiger partial charge in [-0.05, 0) is 12.1 Å². The molecule has 0 spiro atoms. The molecule has 0 heterocycles. The molecule has 23 heavy (non-hydrogen) atoms. The van der Waals surface area contributed by atoms with Crippen LogP contribution in [-0.4, -0.2) is 15.1 Å². The lowest BCUT2D eigenvalue weighted by Gasteiger charge is -2.04. The zero-order valence-corrected chi connectivity index (χ0v) is 13.3. The van der Waals surface area contributed by atoms with Crippen LogP contribution < -0.4 is 0 Å². The minimum atomic E-state index is -0.799. The molecule has 0 saturated carbocycles. The Morgan fingerprint density at radius 2 is 1.39 bits per heavy atom. The second-order valence-electron chi connectivity index (χ2n) is 4.60. The van der Waals surface area contributed by atoms with Gasteiger partial charge in [-0.25, -0.2) is 0 Å². The Labute approximate surface area is 136 Å². The van der Waals surface area contributed by atoms with E-state index in [1.54, 1.807) is 12.1 Å². The molecule has 0 aliphatic rings. The van der Waals surface area contributed by atoms with Crippen LogP contribution in [0.2, 0.25) is 0 Å². The first kappa shape index (κ1) is 18.6. The Kier molecular flexibility index (Phi) is 7.14. The van der Waals surface area contributed by atoms with E-state index in [0.717, 1.165) is 17.0 Å². The molecular weight excluding hydrogens is 323 g/mol. The first-order chi connectivity index (χ1) is 10.8. The number of nitrogens with zero attached hydrogens (tertiary/aromatic N) is 2. The van der Waals surface area contributed by atoms with Gasteiger partial charge in [0.2, 0.25) is 5.82 Å². The minimum absolute atomic E-state index is 0.196. The monoisotopic (exact) mass is 338 g/mol. The Morgan fingerprint density at radius 1 is 0.913 bits per heavy atom. The van der Waals surface area contributed by atoms with Crippen molar-refractivity contribution in [3.05, 3.63) is 74.6 Å². The summed E-state index contributed by atoms with van der Waals surface area (Å²) in [6.45, 7) is 4.03. The van der Waals surface area contributed by atoms with Gasteiger partial charge in [0, 0.05) is 17.4 Å². The van der Waals surface area contributed by atoms with Crippen LogP contribution in [0, 0.1) is 26.0 Å². The molecule has 0 bridgehead atoms. The molecule has 0 radical (unpaired) electrons. The van der Waals surface area contributed by atoms with Gasteiger partial charge in [-0.1, -0.05) is 38.1 Å². The molecule has 2 rings (SSSR count). The normalized spacial score (nSPS) is 9.91. The van der Waals surface area contributed by atoms with E-state index in [2.05, 4.69) is 0 Å². The van der Waals surface area contributed by atoms with Crippen molar-refractivity contribution in [2.24, 2.45) is 0 Å². The van der Waals surface area contributed by atoms with Gasteiger partial charge in [0.15, 0.2) is 0 Å². The summed E-state index contributed by atoms with van der Waals surface area (Å²) in [5, 5.41) is 20.9. The Hall–Kier alpha value is -2.48. The first-order valence-corrected chi connectivity index (χ1v) is 7.50. The molecule has 2 aromatic carbocycles. The molecule has 0 fully saturated rings. The van der Waals surface area contributed by atoms with Crippen molar-refractivity contribution in [1.82, 2.24) is 0 Å². The number of thioether (sulfide) groups is 1. The average Bonchev–Trinajstić information content (AvgIpc) is 2.47. The van der Waals surface area contributed by atoms with Crippen LogP contribution in [0.25, 0.3) is 0 Å². The van der Waals surface area contributed by atoms with Crippen LogP contribution in [0.4, 0.5) is 15.8 Å². The SMILES string of the molecule is CC(C)Sc1ccccc1[N+](=O)[O-].O=[N+]([O-])c1ccccc1F. The van der Waals surface area contributed by atoms with Gasteiger partial charge in [-0.15, -0.1) is 11.8 Å². The van der Waals surface area contributed by atoms with Crippen molar-refractivity contribution < 1.29 is 14.2 Å². The van der Waals surface area contributed by atoms with Crippen LogP contribution in [0.1, 0.15) is 13.8 Å². The molecule has 6 nitrogen and oxygen atoms in total. The van der Waals surface area contributed by atoms with E-state index in [9.17, 15) is 24.6 Å². The average molecular weight is 338 g/mol. The second kappa shape index (κ2) is 8.84. The highest BCUT2D eigenvalue weighted by Gasteiger charge is 2.13. The number of nitro benzene ring substituents is 2. The van der Waals surface area contributed by atoms with Crippen LogP contribution in [0.3, 0.4) is 0 Å². The fraction of sp³-hybridized carbons (Fsp3) is 0.200. The number of benzene rings is 2. The van der Waals surface area contributed by atoms with Crippen LogP contribution in [0.15, 0.2) is 53.4 Å². The number of rotatable bonds is 4. The number of hydrogen-bond acceptors (Lipinski definition) is 5. The lowest BCUT2D eigenvalue weighted by atomic mass is 10.3. The molecule has 0 atom stereocenters. The highest BCUT2D eigenvalue weighted by molar-refractivity contribution is 8.00. The maximum absolute atomic E-state index is 12.4. The summed E-state index contributed by atoms with van der Waals surface area (Å²) in [6, 6.07) is 11.8. The summed E-state index contributed by atoms with van der Waals surface area (Å²) >= 11 is 1.51. The van der Waals surface area contributed by atoms with Gasteiger partial charge in [-0.2, -0.15) is 4.39 Å². The van der Waals surface area contributed by atoms with Gasteiger partial charge in [0.25, 0.3) is 5.69 Å².